The number of aromatic nitrogens is 2. The van der Waals surface area contributed by atoms with Gasteiger partial charge in [-0.15, -0.1) is 0 Å². The van der Waals surface area contributed by atoms with Crippen molar-refractivity contribution in [2.24, 2.45) is 11.5 Å². The fourth-order valence-electron chi connectivity index (χ4n) is 3.26. The highest BCUT2D eigenvalue weighted by Crippen LogP contribution is 2.26. The van der Waals surface area contributed by atoms with E-state index in [0.717, 1.165) is 31.7 Å². The first-order valence-corrected chi connectivity index (χ1v) is 9.22. The Hall–Kier alpha value is -3.27. The number of hydrogen-bond acceptors (Lipinski definition) is 8. The summed E-state index contributed by atoms with van der Waals surface area (Å²) in [5, 5.41) is 5.91. The average Bonchev–Trinajstić information content (AvgIpc) is 2.71. The van der Waals surface area contributed by atoms with Crippen LogP contribution >= 0.6 is 0 Å². The Bertz CT molecular complexity index is 923. The van der Waals surface area contributed by atoms with Crippen molar-refractivity contribution in [1.29, 1.82) is 0 Å². The molecule has 2 aromatic heterocycles. The SMILES string of the molecule is COC(=O)c1cncc(Nc2nc(N[C@@H]3CCCC[C@@H]3N)c(F)cc2C(N)=O)c1. The number of esters is 1. The largest absolute Gasteiger partial charge is 0.465 e. The maximum absolute atomic E-state index is 14.6. The zero-order valence-electron chi connectivity index (χ0n) is 15.9. The normalized spacial score (nSPS) is 18.7. The molecule has 1 aliphatic rings. The standard InChI is InChI=1S/C19H23FN6O3/c1-29-19(28)10-6-11(9-23-8-10)24-17-12(16(22)27)7-13(20)18(26-17)25-15-5-3-2-4-14(15)21/h6-9,14-15H,2-5,21H2,1H3,(H2,22,27)(H2,24,25,26)/t14-,15+/m0/s1. The van der Waals surface area contributed by atoms with E-state index >= 15 is 0 Å². The number of rotatable bonds is 6. The molecular weight excluding hydrogens is 379 g/mol. The van der Waals surface area contributed by atoms with Crippen LogP contribution in [-0.4, -0.2) is 41.0 Å². The first-order valence-electron chi connectivity index (χ1n) is 9.22. The van der Waals surface area contributed by atoms with Gasteiger partial charge in [-0.25, -0.2) is 14.2 Å². The molecule has 0 spiro atoms. The predicted octanol–water partition coefficient (Wildman–Crippen LogP) is 1.93. The molecule has 1 saturated carbocycles. The number of hydrogen-bond donors (Lipinski definition) is 4. The molecule has 29 heavy (non-hydrogen) atoms. The quantitative estimate of drug-likeness (QED) is 0.536. The van der Waals surface area contributed by atoms with Crippen LogP contribution in [0.2, 0.25) is 0 Å². The fraction of sp³-hybridized carbons (Fsp3) is 0.368. The van der Waals surface area contributed by atoms with Crippen LogP contribution in [0.4, 0.5) is 21.7 Å². The second-order valence-corrected chi connectivity index (χ2v) is 6.86. The van der Waals surface area contributed by atoms with Gasteiger partial charge in [0.05, 0.1) is 30.1 Å². The minimum atomic E-state index is -0.850. The highest BCUT2D eigenvalue weighted by atomic mass is 19.1. The van der Waals surface area contributed by atoms with E-state index in [9.17, 15) is 14.0 Å². The number of nitrogens with two attached hydrogens (primary N) is 2. The van der Waals surface area contributed by atoms with Crippen LogP contribution in [-0.2, 0) is 4.74 Å². The monoisotopic (exact) mass is 402 g/mol. The first kappa shape index (κ1) is 20.5. The molecule has 1 aliphatic carbocycles. The Kier molecular flexibility index (Phi) is 6.23. The van der Waals surface area contributed by atoms with Crippen LogP contribution in [0.1, 0.15) is 46.4 Å². The summed E-state index contributed by atoms with van der Waals surface area (Å²) < 4.78 is 19.2. The van der Waals surface area contributed by atoms with Gasteiger partial charge in [0.1, 0.15) is 5.82 Å². The molecular formula is C19H23FN6O3. The van der Waals surface area contributed by atoms with Crippen LogP contribution < -0.4 is 22.1 Å². The number of nitrogens with zero attached hydrogens (tertiary/aromatic N) is 2. The zero-order valence-corrected chi connectivity index (χ0v) is 15.9. The van der Waals surface area contributed by atoms with Gasteiger partial charge in [-0.2, -0.15) is 0 Å². The molecule has 6 N–H and O–H groups in total. The average molecular weight is 402 g/mol. The lowest BCUT2D eigenvalue weighted by Gasteiger charge is -2.30. The van der Waals surface area contributed by atoms with Gasteiger partial charge in [0.15, 0.2) is 11.6 Å². The molecule has 2 aromatic rings. The van der Waals surface area contributed by atoms with Crippen LogP contribution in [0, 0.1) is 5.82 Å². The molecule has 0 aliphatic heterocycles. The molecule has 1 fully saturated rings. The number of halogens is 1. The molecule has 10 heteroatoms. The van der Waals surface area contributed by atoms with Crippen molar-refractivity contribution < 1.29 is 18.7 Å². The van der Waals surface area contributed by atoms with E-state index in [1.165, 1.54) is 25.6 Å². The van der Waals surface area contributed by atoms with Crippen molar-refractivity contribution in [3.05, 3.63) is 41.5 Å². The molecule has 0 unspecified atom stereocenters. The molecule has 1 amide bonds. The predicted molar refractivity (Wildman–Crippen MR) is 105 cm³/mol. The zero-order chi connectivity index (χ0) is 21.0. The number of primary amides is 1. The van der Waals surface area contributed by atoms with Gasteiger partial charge in [0.2, 0.25) is 0 Å². The first-order chi connectivity index (χ1) is 13.9. The number of amides is 1. The van der Waals surface area contributed by atoms with Gasteiger partial charge >= 0.3 is 5.97 Å². The second-order valence-electron chi connectivity index (χ2n) is 6.86. The van der Waals surface area contributed by atoms with Crippen LogP contribution in [0.3, 0.4) is 0 Å². The van der Waals surface area contributed by atoms with Crippen molar-refractivity contribution in [1.82, 2.24) is 9.97 Å². The number of nitrogens with one attached hydrogen (secondary N) is 2. The maximum atomic E-state index is 14.6. The van der Waals surface area contributed by atoms with Gasteiger partial charge in [-0.1, -0.05) is 12.8 Å². The van der Waals surface area contributed by atoms with Crippen molar-refractivity contribution in [2.75, 3.05) is 17.7 Å². The van der Waals surface area contributed by atoms with Gasteiger partial charge in [0, 0.05) is 18.3 Å². The summed E-state index contributed by atoms with van der Waals surface area (Å²) >= 11 is 0. The summed E-state index contributed by atoms with van der Waals surface area (Å²) in [6.07, 6.45) is 6.42. The van der Waals surface area contributed by atoms with E-state index in [4.69, 9.17) is 11.5 Å². The summed E-state index contributed by atoms with van der Waals surface area (Å²) in [7, 11) is 1.25. The van der Waals surface area contributed by atoms with E-state index in [1.807, 2.05) is 0 Å². The molecule has 154 valence electrons. The van der Waals surface area contributed by atoms with Gasteiger partial charge in [-0.3, -0.25) is 9.78 Å². The molecule has 0 bridgehead atoms. The van der Waals surface area contributed by atoms with Gasteiger partial charge in [0.25, 0.3) is 5.91 Å². The maximum Gasteiger partial charge on any atom is 0.339 e. The van der Waals surface area contributed by atoms with E-state index in [0.29, 0.717) is 5.69 Å². The molecule has 9 nitrogen and oxygen atoms in total. The van der Waals surface area contributed by atoms with E-state index in [1.54, 1.807) is 0 Å². The lowest BCUT2D eigenvalue weighted by molar-refractivity contribution is 0.0600. The van der Waals surface area contributed by atoms with E-state index in [2.05, 4.69) is 25.3 Å². The van der Waals surface area contributed by atoms with Gasteiger partial charge in [-0.05, 0) is 25.0 Å². The number of carbonyl (C=O) groups excluding carboxylic acids is 2. The number of ether oxygens (including phenoxy) is 1. The van der Waals surface area contributed by atoms with Crippen LogP contribution in [0.15, 0.2) is 24.5 Å². The number of pyridine rings is 2. The van der Waals surface area contributed by atoms with Crippen LogP contribution in [0.25, 0.3) is 0 Å². The smallest absolute Gasteiger partial charge is 0.339 e. The highest BCUT2D eigenvalue weighted by Gasteiger charge is 2.24. The van der Waals surface area contributed by atoms with Crippen LogP contribution in [0.5, 0.6) is 0 Å². The fourth-order valence-corrected chi connectivity index (χ4v) is 3.26. The lowest BCUT2D eigenvalue weighted by Crippen LogP contribution is -2.43. The lowest BCUT2D eigenvalue weighted by atomic mass is 9.91. The minimum absolute atomic E-state index is 0.0306. The number of methoxy groups -OCH3 is 1. The molecule has 0 aromatic carbocycles. The second kappa shape index (κ2) is 8.82. The molecule has 3 rings (SSSR count). The molecule has 2 heterocycles. The van der Waals surface area contributed by atoms with Crippen molar-refractivity contribution in [3.63, 3.8) is 0 Å². The van der Waals surface area contributed by atoms with Gasteiger partial charge < -0.3 is 26.8 Å². The topological polar surface area (TPSA) is 145 Å². The Balaban J connectivity index is 1.92. The van der Waals surface area contributed by atoms with Crippen molar-refractivity contribution in [3.8, 4) is 0 Å². The van der Waals surface area contributed by atoms with Crippen molar-refractivity contribution >= 4 is 29.2 Å². The molecule has 0 radical (unpaired) electrons. The summed E-state index contributed by atoms with van der Waals surface area (Å²) in [6.45, 7) is 0. The summed E-state index contributed by atoms with van der Waals surface area (Å²) in [5.74, 6) is -2.12. The third-order valence-electron chi connectivity index (χ3n) is 4.81. The minimum Gasteiger partial charge on any atom is -0.465 e. The molecule has 2 atom stereocenters. The Morgan fingerprint density at radius 2 is 1.97 bits per heavy atom. The Morgan fingerprint density at radius 1 is 1.21 bits per heavy atom. The summed E-state index contributed by atoms with van der Waals surface area (Å²) in [5.41, 5.74) is 11.9. The highest BCUT2D eigenvalue weighted by molar-refractivity contribution is 5.99. The third kappa shape index (κ3) is 4.77. The Morgan fingerprint density at radius 3 is 2.66 bits per heavy atom. The summed E-state index contributed by atoms with van der Waals surface area (Å²) in [4.78, 5) is 31.6. The third-order valence-corrected chi connectivity index (χ3v) is 4.81. The van der Waals surface area contributed by atoms with Crippen molar-refractivity contribution in [2.45, 2.75) is 37.8 Å². The summed E-state index contributed by atoms with van der Waals surface area (Å²) in [6, 6.07) is 2.26. The molecule has 0 saturated heterocycles. The Labute approximate surface area is 167 Å². The number of anilines is 3. The number of carbonyl (C=O) groups is 2. The van der Waals surface area contributed by atoms with E-state index < -0.39 is 17.7 Å². The van der Waals surface area contributed by atoms with E-state index in [-0.39, 0.29) is 34.8 Å².